The Balaban J connectivity index is 1.14. The Morgan fingerprint density at radius 1 is 0.906 bits per heavy atom. The Bertz CT molecular complexity index is 1770. The molecule has 292 valence electrons. The van der Waals surface area contributed by atoms with Crippen LogP contribution in [0.1, 0.15) is 136 Å². The number of hydrogen-bond donors (Lipinski definition) is 0. The Kier molecular flexibility index (Phi) is 9.74. The lowest BCUT2D eigenvalue weighted by Crippen LogP contribution is -2.65. The summed E-state index contributed by atoms with van der Waals surface area (Å²) in [6, 6.07) is 8.20. The zero-order valence-corrected chi connectivity index (χ0v) is 35.3. The van der Waals surface area contributed by atoms with E-state index in [1.165, 1.54) is 68.1 Å². The van der Waals surface area contributed by atoms with Crippen molar-refractivity contribution in [2.75, 3.05) is 31.1 Å². The smallest absolute Gasteiger partial charge is 0.338 e. The van der Waals surface area contributed by atoms with Crippen LogP contribution < -0.4 is 0 Å². The van der Waals surface area contributed by atoms with Crippen LogP contribution in [0.4, 0.5) is 0 Å². The molecule has 1 heterocycles. The summed E-state index contributed by atoms with van der Waals surface area (Å²) in [4.78, 5) is 15.1. The maximum absolute atomic E-state index is 12.8. The SMILES string of the molecule is C=C(C)[C@@H]1CC[C@]2(/C=C/CN3CCS(=O)(=O)CC3)CC[C@]3(C)[C@H](CC[C@@H]4[C@@]5(C)CC=C(c6ccc(C(=O)OC(C)(C)C)cc6)C(C)(C)[C@@H]5CC[C@]43C)[C@@H]12. The molecule has 5 aliphatic carbocycles. The number of esters is 1. The second-order valence-electron chi connectivity index (χ2n) is 20.9. The molecular formula is C47H69NO4S. The van der Waals surface area contributed by atoms with Gasteiger partial charge in [0.2, 0.25) is 0 Å². The highest BCUT2D eigenvalue weighted by atomic mass is 32.2. The van der Waals surface area contributed by atoms with Gasteiger partial charge in [-0.2, -0.15) is 0 Å². The summed E-state index contributed by atoms with van der Waals surface area (Å²) in [5.74, 6) is 3.53. The van der Waals surface area contributed by atoms with Crippen LogP contribution in [0.3, 0.4) is 0 Å². The molecule has 0 amide bonds. The summed E-state index contributed by atoms with van der Waals surface area (Å²) in [7, 11) is -2.86. The third kappa shape index (κ3) is 6.46. The number of rotatable bonds is 6. The van der Waals surface area contributed by atoms with E-state index in [4.69, 9.17) is 4.74 Å². The summed E-state index contributed by atoms with van der Waals surface area (Å²) < 4.78 is 29.8. The van der Waals surface area contributed by atoms with Crippen LogP contribution in [0.5, 0.6) is 0 Å². The molecule has 5 nitrogen and oxygen atoms in total. The summed E-state index contributed by atoms with van der Waals surface area (Å²) in [6.45, 7) is 27.9. The van der Waals surface area contributed by atoms with Gasteiger partial charge in [0.05, 0.1) is 17.1 Å². The molecule has 1 aromatic carbocycles. The fourth-order valence-corrected chi connectivity index (χ4v) is 15.4. The van der Waals surface area contributed by atoms with Gasteiger partial charge in [0.1, 0.15) is 5.60 Å². The van der Waals surface area contributed by atoms with Crippen molar-refractivity contribution in [3.05, 3.63) is 65.8 Å². The first kappa shape index (κ1) is 39.1. The van der Waals surface area contributed by atoms with Crippen LogP contribution in [-0.2, 0) is 14.6 Å². The van der Waals surface area contributed by atoms with Gasteiger partial charge in [-0.3, -0.25) is 4.90 Å². The van der Waals surface area contributed by atoms with E-state index >= 15 is 0 Å². The van der Waals surface area contributed by atoms with Crippen molar-refractivity contribution in [1.82, 2.24) is 4.90 Å². The molecule has 6 aliphatic rings. The van der Waals surface area contributed by atoms with Gasteiger partial charge in [-0.15, -0.1) is 0 Å². The Labute approximate surface area is 322 Å². The van der Waals surface area contributed by atoms with Crippen LogP contribution >= 0.6 is 0 Å². The Morgan fingerprint density at radius 3 is 2.23 bits per heavy atom. The molecule has 6 heteroatoms. The molecule has 0 aromatic heterocycles. The van der Waals surface area contributed by atoms with E-state index in [0.717, 1.165) is 13.0 Å². The van der Waals surface area contributed by atoms with Crippen molar-refractivity contribution < 1.29 is 17.9 Å². The van der Waals surface area contributed by atoms with Gasteiger partial charge in [0.25, 0.3) is 0 Å². The largest absolute Gasteiger partial charge is 0.456 e. The molecule has 0 spiro atoms. The molecule has 0 bridgehead atoms. The minimum atomic E-state index is -2.86. The average molecular weight is 744 g/mol. The zero-order valence-electron chi connectivity index (χ0n) is 34.5. The first-order valence-electron chi connectivity index (χ1n) is 21.0. The summed E-state index contributed by atoms with van der Waals surface area (Å²) in [5, 5.41) is 0. The number of ether oxygens (including phenoxy) is 1. The maximum Gasteiger partial charge on any atom is 0.338 e. The van der Waals surface area contributed by atoms with Gasteiger partial charge in [0, 0.05) is 19.6 Å². The van der Waals surface area contributed by atoms with Gasteiger partial charge in [-0.25, -0.2) is 13.2 Å². The summed E-state index contributed by atoms with van der Waals surface area (Å²) >= 11 is 0. The molecule has 1 aliphatic heterocycles. The third-order valence-electron chi connectivity index (χ3n) is 16.8. The normalized spacial score (nSPS) is 40.7. The lowest BCUT2D eigenvalue weighted by atomic mass is 9.32. The fraction of sp³-hybridized carbons (Fsp3) is 0.723. The number of sulfone groups is 1. The lowest BCUT2D eigenvalue weighted by Gasteiger charge is -2.72. The number of fused-ring (bicyclic) bond motifs is 7. The minimum Gasteiger partial charge on any atom is -0.456 e. The van der Waals surface area contributed by atoms with E-state index in [0.29, 0.717) is 59.7 Å². The van der Waals surface area contributed by atoms with Crippen molar-refractivity contribution in [1.29, 1.82) is 0 Å². The van der Waals surface area contributed by atoms with Crippen LogP contribution in [0.2, 0.25) is 0 Å². The van der Waals surface area contributed by atoms with E-state index in [-0.39, 0.29) is 33.0 Å². The maximum atomic E-state index is 12.8. The molecule has 0 radical (unpaired) electrons. The lowest BCUT2D eigenvalue weighted by molar-refractivity contribution is -0.221. The molecular weight excluding hydrogens is 675 g/mol. The second kappa shape index (κ2) is 13.2. The molecule has 4 saturated carbocycles. The van der Waals surface area contributed by atoms with E-state index in [1.807, 2.05) is 32.9 Å². The zero-order chi connectivity index (χ0) is 38.4. The van der Waals surface area contributed by atoms with Crippen LogP contribution in [0.15, 0.2) is 54.6 Å². The Hall–Kier alpha value is -2.18. The van der Waals surface area contributed by atoms with Crippen molar-refractivity contribution in [3.63, 3.8) is 0 Å². The molecule has 9 atom stereocenters. The predicted octanol–water partition coefficient (Wildman–Crippen LogP) is 10.6. The number of carbonyl (C=O) groups is 1. The predicted molar refractivity (Wildman–Crippen MR) is 218 cm³/mol. The van der Waals surface area contributed by atoms with Crippen LogP contribution in [-0.4, -0.2) is 56.0 Å². The van der Waals surface area contributed by atoms with Crippen LogP contribution in [0.25, 0.3) is 5.57 Å². The quantitative estimate of drug-likeness (QED) is 0.214. The number of benzene rings is 1. The molecule has 0 N–H and O–H groups in total. The highest BCUT2D eigenvalue weighted by Gasteiger charge is 2.70. The molecule has 0 unspecified atom stereocenters. The van der Waals surface area contributed by atoms with E-state index in [1.54, 1.807) is 0 Å². The van der Waals surface area contributed by atoms with Gasteiger partial charge >= 0.3 is 5.97 Å². The first-order valence-corrected chi connectivity index (χ1v) is 22.8. The third-order valence-corrected chi connectivity index (χ3v) is 18.4. The first-order chi connectivity index (χ1) is 24.7. The monoisotopic (exact) mass is 743 g/mol. The molecule has 5 fully saturated rings. The summed E-state index contributed by atoms with van der Waals surface area (Å²) in [6.07, 6.45) is 19.0. The average Bonchev–Trinajstić information content (AvgIpc) is 3.45. The van der Waals surface area contributed by atoms with E-state index in [2.05, 4.69) is 83.4 Å². The van der Waals surface area contributed by atoms with Crippen molar-refractivity contribution in [3.8, 4) is 0 Å². The molecule has 53 heavy (non-hydrogen) atoms. The van der Waals surface area contributed by atoms with Gasteiger partial charge in [-0.1, -0.05) is 77.1 Å². The highest BCUT2D eigenvalue weighted by molar-refractivity contribution is 7.91. The number of carbonyl (C=O) groups excluding carboxylic acids is 1. The standard InChI is InChI=1S/C47H69NO4S/c1-32(2)35-18-24-47(21-11-27-48-28-30-53(50,51)31-29-48)26-25-45(9)37(40(35)47)16-17-39-44(8)22-19-36(43(6,7)38(44)20-23-46(39,45)10)33-12-14-34(15-13-33)41(49)52-42(3,4)5/h11-15,19,21,35,37-40H,1,16-18,20,22-31H2,2-10H3/b21-11+/t35-,37+,38-,39+,40+,44-,45+,46+,47+/m0/s1. The minimum absolute atomic E-state index is 0.0288. The van der Waals surface area contributed by atoms with Crippen LogP contribution in [0, 0.1) is 56.7 Å². The van der Waals surface area contributed by atoms with Crippen molar-refractivity contribution in [2.45, 2.75) is 126 Å². The van der Waals surface area contributed by atoms with Gasteiger partial charge < -0.3 is 4.74 Å². The number of hydrogen-bond acceptors (Lipinski definition) is 5. The van der Waals surface area contributed by atoms with Gasteiger partial charge in [-0.05, 0) is 165 Å². The molecule has 1 aromatic rings. The van der Waals surface area contributed by atoms with Gasteiger partial charge in [0.15, 0.2) is 9.84 Å². The molecule has 1 saturated heterocycles. The fourth-order valence-electron chi connectivity index (χ4n) is 14.1. The molecule has 7 rings (SSSR count). The highest BCUT2D eigenvalue weighted by Crippen LogP contribution is 2.78. The topological polar surface area (TPSA) is 63.7 Å². The van der Waals surface area contributed by atoms with E-state index in [9.17, 15) is 13.2 Å². The number of nitrogens with zero attached hydrogens (tertiary/aromatic N) is 1. The van der Waals surface area contributed by atoms with Crippen molar-refractivity contribution >= 4 is 21.4 Å². The Morgan fingerprint density at radius 2 is 1.58 bits per heavy atom. The summed E-state index contributed by atoms with van der Waals surface area (Å²) in [5.41, 5.74) is 5.23. The van der Waals surface area contributed by atoms with E-state index < -0.39 is 15.4 Å². The van der Waals surface area contributed by atoms with Crippen molar-refractivity contribution in [2.24, 2.45) is 56.7 Å². The number of allylic oxidation sites excluding steroid dienone is 4. The second-order valence-corrected chi connectivity index (χ2v) is 23.2.